The van der Waals surface area contributed by atoms with Crippen LogP contribution >= 0.6 is 34.7 Å². The van der Waals surface area contributed by atoms with E-state index in [4.69, 9.17) is 16.6 Å². The van der Waals surface area contributed by atoms with Crippen LogP contribution in [0.4, 0.5) is 0 Å². The van der Waals surface area contributed by atoms with Gasteiger partial charge in [0, 0.05) is 15.3 Å². The molecule has 2 aromatic rings. The van der Waals surface area contributed by atoms with Crippen LogP contribution in [0, 0.1) is 0 Å². The average molecular weight is 311 g/mol. The molecule has 0 bridgehead atoms. The number of rotatable bonds is 4. The van der Waals surface area contributed by atoms with E-state index in [2.05, 4.69) is 22.8 Å². The summed E-state index contributed by atoms with van der Waals surface area (Å²) in [7, 11) is 0. The van der Waals surface area contributed by atoms with Gasteiger partial charge in [0.1, 0.15) is 5.01 Å². The number of nitrogens with one attached hydrogen (secondary N) is 1. The van der Waals surface area contributed by atoms with Gasteiger partial charge in [-0.3, -0.25) is 0 Å². The standard InChI is InChI=1S/C14H15ClN2S2/c15-10-3-5-11(6-4-10)18-9-14-17-13(8-19-14)12-2-1-7-16-12/h3-6,8,12,16H,1-2,7,9H2. The van der Waals surface area contributed by atoms with Crippen LogP contribution in [0.1, 0.15) is 29.6 Å². The van der Waals surface area contributed by atoms with Crippen molar-refractivity contribution in [3.8, 4) is 0 Å². The van der Waals surface area contributed by atoms with Crippen molar-refractivity contribution in [2.24, 2.45) is 0 Å². The molecule has 3 rings (SSSR count). The summed E-state index contributed by atoms with van der Waals surface area (Å²) in [4.78, 5) is 5.97. The molecule has 19 heavy (non-hydrogen) atoms. The molecule has 2 heterocycles. The Morgan fingerprint density at radius 2 is 2.21 bits per heavy atom. The SMILES string of the molecule is Clc1ccc(SCc2nc(C3CCCN3)cs2)cc1. The van der Waals surface area contributed by atoms with Crippen molar-refractivity contribution in [2.45, 2.75) is 29.5 Å². The maximum atomic E-state index is 5.88. The van der Waals surface area contributed by atoms with E-state index in [-0.39, 0.29) is 0 Å². The Balaban J connectivity index is 1.59. The van der Waals surface area contributed by atoms with E-state index in [0.717, 1.165) is 17.3 Å². The van der Waals surface area contributed by atoms with E-state index in [1.165, 1.54) is 28.4 Å². The number of hydrogen-bond acceptors (Lipinski definition) is 4. The molecule has 100 valence electrons. The van der Waals surface area contributed by atoms with Crippen LogP contribution in [0.3, 0.4) is 0 Å². The molecule has 0 spiro atoms. The van der Waals surface area contributed by atoms with Gasteiger partial charge in [0.05, 0.1) is 17.5 Å². The highest BCUT2D eigenvalue weighted by molar-refractivity contribution is 7.98. The summed E-state index contributed by atoms with van der Waals surface area (Å²) >= 11 is 9.45. The summed E-state index contributed by atoms with van der Waals surface area (Å²) in [5.41, 5.74) is 1.22. The molecule has 1 aliphatic heterocycles. The van der Waals surface area contributed by atoms with Gasteiger partial charge in [0.25, 0.3) is 0 Å². The number of thioether (sulfide) groups is 1. The molecule has 1 atom stereocenters. The minimum atomic E-state index is 0.477. The summed E-state index contributed by atoms with van der Waals surface area (Å²) in [6.07, 6.45) is 2.48. The van der Waals surface area contributed by atoms with Gasteiger partial charge in [-0.1, -0.05) is 11.6 Å². The zero-order valence-electron chi connectivity index (χ0n) is 10.4. The van der Waals surface area contributed by atoms with Gasteiger partial charge in [-0.05, 0) is 43.7 Å². The number of hydrogen-bond donors (Lipinski definition) is 1. The highest BCUT2D eigenvalue weighted by Gasteiger charge is 2.18. The topological polar surface area (TPSA) is 24.9 Å². The van der Waals surface area contributed by atoms with Gasteiger partial charge in [-0.15, -0.1) is 23.1 Å². The van der Waals surface area contributed by atoms with E-state index < -0.39 is 0 Å². The van der Waals surface area contributed by atoms with Crippen molar-refractivity contribution in [2.75, 3.05) is 6.54 Å². The van der Waals surface area contributed by atoms with Gasteiger partial charge in [0.15, 0.2) is 0 Å². The fourth-order valence-electron chi connectivity index (χ4n) is 2.16. The smallest absolute Gasteiger partial charge is 0.103 e. The summed E-state index contributed by atoms with van der Waals surface area (Å²) in [6, 6.07) is 8.45. The Morgan fingerprint density at radius 1 is 1.37 bits per heavy atom. The normalized spacial score (nSPS) is 18.9. The van der Waals surface area contributed by atoms with E-state index >= 15 is 0 Å². The maximum Gasteiger partial charge on any atom is 0.103 e. The number of benzene rings is 1. The number of thiazole rings is 1. The van der Waals surface area contributed by atoms with E-state index in [1.807, 2.05) is 12.1 Å². The van der Waals surface area contributed by atoms with Crippen LogP contribution < -0.4 is 5.32 Å². The lowest BCUT2D eigenvalue weighted by molar-refractivity contribution is 0.630. The Bertz CT molecular complexity index is 533. The van der Waals surface area contributed by atoms with Crippen molar-refractivity contribution >= 4 is 34.7 Å². The highest BCUT2D eigenvalue weighted by Crippen LogP contribution is 2.29. The van der Waals surface area contributed by atoms with Crippen LogP contribution in [0.25, 0.3) is 0 Å². The second-order valence-electron chi connectivity index (χ2n) is 4.56. The molecular formula is C14H15ClN2S2. The second-order valence-corrected chi connectivity index (χ2v) is 6.99. The van der Waals surface area contributed by atoms with Crippen LogP contribution in [0.15, 0.2) is 34.5 Å². The fourth-order valence-corrected chi connectivity index (χ4v) is 4.05. The third-order valence-corrected chi connectivity index (χ3v) is 5.49. The van der Waals surface area contributed by atoms with E-state index in [1.54, 1.807) is 23.1 Å². The lowest BCUT2D eigenvalue weighted by Gasteiger charge is -2.05. The third kappa shape index (κ3) is 3.51. The molecule has 1 unspecified atom stereocenters. The molecule has 1 N–H and O–H groups in total. The molecule has 0 amide bonds. The first-order valence-electron chi connectivity index (χ1n) is 6.37. The number of aromatic nitrogens is 1. The number of halogens is 1. The van der Waals surface area contributed by atoms with Crippen molar-refractivity contribution in [1.82, 2.24) is 10.3 Å². The molecule has 0 saturated carbocycles. The molecular weight excluding hydrogens is 296 g/mol. The largest absolute Gasteiger partial charge is 0.309 e. The minimum Gasteiger partial charge on any atom is -0.309 e. The first-order chi connectivity index (χ1) is 9.31. The second kappa shape index (κ2) is 6.27. The van der Waals surface area contributed by atoms with Gasteiger partial charge >= 0.3 is 0 Å². The molecule has 5 heteroatoms. The first kappa shape index (κ1) is 13.4. The molecule has 1 fully saturated rings. The first-order valence-corrected chi connectivity index (χ1v) is 8.61. The van der Waals surface area contributed by atoms with Crippen LogP contribution in [-0.2, 0) is 5.75 Å². The lowest BCUT2D eigenvalue weighted by Crippen LogP contribution is -2.13. The fraction of sp³-hybridized carbons (Fsp3) is 0.357. The monoisotopic (exact) mass is 310 g/mol. The number of nitrogens with zero attached hydrogens (tertiary/aromatic N) is 1. The molecule has 0 radical (unpaired) electrons. The summed E-state index contributed by atoms with van der Waals surface area (Å²) in [6.45, 7) is 1.12. The Morgan fingerprint density at radius 3 is 2.95 bits per heavy atom. The molecule has 2 nitrogen and oxygen atoms in total. The molecule has 1 aromatic carbocycles. The van der Waals surface area contributed by atoms with Gasteiger partial charge in [-0.2, -0.15) is 0 Å². The minimum absolute atomic E-state index is 0.477. The van der Waals surface area contributed by atoms with E-state index in [0.29, 0.717) is 6.04 Å². The Kier molecular flexibility index (Phi) is 4.43. The summed E-state index contributed by atoms with van der Waals surface area (Å²) < 4.78 is 0. The summed E-state index contributed by atoms with van der Waals surface area (Å²) in [5, 5.41) is 7.67. The highest BCUT2D eigenvalue weighted by atomic mass is 35.5. The molecule has 1 aliphatic rings. The van der Waals surface area contributed by atoms with Gasteiger partial charge in [-0.25, -0.2) is 4.98 Å². The van der Waals surface area contributed by atoms with Crippen LogP contribution in [-0.4, -0.2) is 11.5 Å². The van der Waals surface area contributed by atoms with Crippen LogP contribution in [0.5, 0.6) is 0 Å². The van der Waals surface area contributed by atoms with Crippen molar-refractivity contribution in [1.29, 1.82) is 0 Å². The van der Waals surface area contributed by atoms with Gasteiger partial charge in [0.2, 0.25) is 0 Å². The lowest BCUT2D eigenvalue weighted by atomic mass is 10.2. The zero-order chi connectivity index (χ0) is 13.1. The van der Waals surface area contributed by atoms with E-state index in [9.17, 15) is 0 Å². The van der Waals surface area contributed by atoms with Crippen molar-refractivity contribution in [3.63, 3.8) is 0 Å². The molecule has 1 saturated heterocycles. The molecule has 1 aromatic heterocycles. The van der Waals surface area contributed by atoms with Crippen molar-refractivity contribution in [3.05, 3.63) is 45.4 Å². The Hall–Kier alpha value is -0.550. The predicted molar refractivity (Wildman–Crippen MR) is 83.1 cm³/mol. The third-order valence-electron chi connectivity index (χ3n) is 3.16. The average Bonchev–Trinajstić information content (AvgIpc) is 3.09. The maximum absolute atomic E-state index is 5.88. The van der Waals surface area contributed by atoms with Gasteiger partial charge < -0.3 is 5.32 Å². The van der Waals surface area contributed by atoms with Crippen molar-refractivity contribution < 1.29 is 0 Å². The quantitative estimate of drug-likeness (QED) is 0.841. The molecule has 0 aliphatic carbocycles. The summed E-state index contributed by atoms with van der Waals surface area (Å²) in [5.74, 6) is 0.930. The van der Waals surface area contributed by atoms with Crippen LogP contribution in [0.2, 0.25) is 5.02 Å². The Labute approximate surface area is 126 Å². The predicted octanol–water partition coefficient (Wildman–Crippen LogP) is 4.51. The zero-order valence-corrected chi connectivity index (χ0v) is 12.8.